The van der Waals surface area contributed by atoms with Gasteiger partial charge < -0.3 is 10.1 Å². The van der Waals surface area contributed by atoms with Gasteiger partial charge in [-0.05, 0) is 55.9 Å². The van der Waals surface area contributed by atoms with Crippen LogP contribution in [0.5, 0.6) is 5.75 Å². The van der Waals surface area contributed by atoms with Gasteiger partial charge in [0.25, 0.3) is 0 Å². The molecular weight excluding hydrogens is 250 g/mol. The average Bonchev–Trinajstić information content (AvgIpc) is 3.02. The zero-order valence-corrected chi connectivity index (χ0v) is 12.1. The van der Waals surface area contributed by atoms with Crippen molar-refractivity contribution in [2.24, 2.45) is 17.3 Å². The summed E-state index contributed by atoms with van der Waals surface area (Å²) < 4.78 is 5.40. The summed E-state index contributed by atoms with van der Waals surface area (Å²) in [5, 5.41) is 3.05. The van der Waals surface area contributed by atoms with E-state index in [1.807, 2.05) is 31.2 Å². The maximum Gasteiger partial charge on any atom is 0.230 e. The summed E-state index contributed by atoms with van der Waals surface area (Å²) in [7, 11) is 0. The van der Waals surface area contributed by atoms with E-state index < -0.39 is 0 Å². The molecule has 106 valence electrons. The van der Waals surface area contributed by atoms with Gasteiger partial charge in [0, 0.05) is 5.69 Å². The zero-order valence-electron chi connectivity index (χ0n) is 12.1. The van der Waals surface area contributed by atoms with E-state index in [-0.39, 0.29) is 11.3 Å². The lowest BCUT2D eigenvalue weighted by Crippen LogP contribution is -2.36. The van der Waals surface area contributed by atoms with Crippen LogP contribution in [0.15, 0.2) is 36.4 Å². The van der Waals surface area contributed by atoms with E-state index in [1.54, 1.807) is 0 Å². The number of hydrogen-bond donors (Lipinski definition) is 1. The Kier molecular flexibility index (Phi) is 3.28. The van der Waals surface area contributed by atoms with Crippen LogP contribution in [0.3, 0.4) is 0 Å². The largest absolute Gasteiger partial charge is 0.494 e. The molecular formula is C17H21NO2. The first-order chi connectivity index (χ1) is 9.61. The molecule has 2 aliphatic rings. The Morgan fingerprint density at radius 1 is 1.35 bits per heavy atom. The molecule has 0 radical (unpaired) electrons. The highest BCUT2D eigenvalue weighted by molar-refractivity contribution is 5.96. The van der Waals surface area contributed by atoms with Crippen LogP contribution in [0.2, 0.25) is 0 Å². The molecule has 3 nitrogen and oxygen atoms in total. The predicted octanol–water partition coefficient (Wildman–Crippen LogP) is 3.63. The summed E-state index contributed by atoms with van der Waals surface area (Å²) in [4.78, 5) is 12.6. The first-order valence-electron chi connectivity index (χ1n) is 7.34. The number of rotatable bonds is 4. The second-order valence-electron chi connectivity index (χ2n) is 6.02. The molecule has 3 rings (SSSR count). The van der Waals surface area contributed by atoms with Crippen molar-refractivity contribution in [2.45, 2.75) is 26.7 Å². The molecule has 1 aromatic rings. The third kappa shape index (κ3) is 2.21. The fourth-order valence-corrected chi connectivity index (χ4v) is 3.43. The zero-order chi connectivity index (χ0) is 14.2. The van der Waals surface area contributed by atoms with Crippen molar-refractivity contribution in [2.75, 3.05) is 11.9 Å². The Hall–Kier alpha value is -1.77. The standard InChI is InChI=1S/C17H21NO2/c1-3-20-15-8-6-14(7-9-15)18-16(19)17(2)11-12-4-5-13(17)10-12/h4-9,12-13H,3,10-11H2,1-2H3,(H,18,19)/t12-,13+,17-/m1/s1. The van der Waals surface area contributed by atoms with Crippen molar-refractivity contribution in [3.05, 3.63) is 36.4 Å². The number of anilines is 1. The number of benzene rings is 1. The summed E-state index contributed by atoms with van der Waals surface area (Å²) >= 11 is 0. The Bertz CT molecular complexity index is 534. The van der Waals surface area contributed by atoms with Gasteiger partial charge in [0.2, 0.25) is 5.91 Å². The summed E-state index contributed by atoms with van der Waals surface area (Å²) in [5.41, 5.74) is 0.587. The SMILES string of the molecule is CCOc1ccc(NC(=O)[C@]2(C)C[C@@H]3C=C[C@H]2C3)cc1. The van der Waals surface area contributed by atoms with Crippen molar-refractivity contribution < 1.29 is 9.53 Å². The second-order valence-corrected chi connectivity index (χ2v) is 6.02. The van der Waals surface area contributed by atoms with Gasteiger partial charge in [-0.15, -0.1) is 0 Å². The lowest BCUT2D eigenvalue weighted by molar-refractivity contribution is -0.126. The summed E-state index contributed by atoms with van der Waals surface area (Å²) in [6.07, 6.45) is 6.58. The first kappa shape index (κ1) is 13.2. The molecule has 2 bridgehead atoms. The fourth-order valence-electron chi connectivity index (χ4n) is 3.43. The molecule has 0 aromatic heterocycles. The number of nitrogens with one attached hydrogen (secondary N) is 1. The van der Waals surface area contributed by atoms with E-state index in [4.69, 9.17) is 4.74 Å². The molecule has 1 fully saturated rings. The smallest absolute Gasteiger partial charge is 0.230 e. The second kappa shape index (κ2) is 4.97. The number of allylic oxidation sites excluding steroid dienone is 2. The molecule has 1 saturated carbocycles. The number of carbonyl (C=O) groups is 1. The van der Waals surface area contributed by atoms with Gasteiger partial charge in [-0.25, -0.2) is 0 Å². The van der Waals surface area contributed by atoms with Crippen LogP contribution >= 0.6 is 0 Å². The minimum atomic E-state index is -0.252. The van der Waals surface area contributed by atoms with Crippen LogP contribution in [0.1, 0.15) is 26.7 Å². The number of amides is 1. The summed E-state index contributed by atoms with van der Waals surface area (Å²) in [6, 6.07) is 7.58. The van der Waals surface area contributed by atoms with Gasteiger partial charge in [-0.1, -0.05) is 19.1 Å². The Morgan fingerprint density at radius 3 is 2.65 bits per heavy atom. The van der Waals surface area contributed by atoms with Crippen molar-refractivity contribution >= 4 is 11.6 Å². The van der Waals surface area contributed by atoms with Crippen molar-refractivity contribution in [1.29, 1.82) is 0 Å². The fraction of sp³-hybridized carbons (Fsp3) is 0.471. The lowest BCUT2D eigenvalue weighted by Gasteiger charge is -2.29. The lowest BCUT2D eigenvalue weighted by atomic mass is 9.77. The van der Waals surface area contributed by atoms with Gasteiger partial charge in [0.15, 0.2) is 0 Å². The summed E-state index contributed by atoms with van der Waals surface area (Å²) in [5.74, 6) is 1.96. The summed E-state index contributed by atoms with van der Waals surface area (Å²) in [6.45, 7) is 4.70. The van der Waals surface area contributed by atoms with Crippen molar-refractivity contribution in [1.82, 2.24) is 0 Å². The quantitative estimate of drug-likeness (QED) is 0.849. The van der Waals surface area contributed by atoms with E-state index in [0.717, 1.165) is 24.3 Å². The molecule has 0 aliphatic heterocycles. The molecule has 2 aliphatic carbocycles. The minimum Gasteiger partial charge on any atom is -0.494 e. The predicted molar refractivity (Wildman–Crippen MR) is 79.7 cm³/mol. The molecule has 0 unspecified atom stereocenters. The van der Waals surface area contributed by atoms with Crippen LogP contribution in [0.25, 0.3) is 0 Å². The Morgan fingerprint density at radius 2 is 2.10 bits per heavy atom. The number of fused-ring (bicyclic) bond motifs is 2. The van der Waals surface area contributed by atoms with Gasteiger partial charge in [0.05, 0.1) is 12.0 Å². The molecule has 0 spiro atoms. The molecule has 1 N–H and O–H groups in total. The van der Waals surface area contributed by atoms with Crippen LogP contribution < -0.4 is 10.1 Å². The van der Waals surface area contributed by atoms with Crippen LogP contribution in [0, 0.1) is 17.3 Å². The molecule has 0 saturated heterocycles. The molecule has 3 heteroatoms. The van der Waals surface area contributed by atoms with Crippen molar-refractivity contribution in [3.63, 3.8) is 0 Å². The van der Waals surface area contributed by atoms with Gasteiger partial charge in [-0.2, -0.15) is 0 Å². The maximum atomic E-state index is 12.6. The first-order valence-corrected chi connectivity index (χ1v) is 7.34. The van der Waals surface area contributed by atoms with Gasteiger partial charge >= 0.3 is 0 Å². The normalized spacial score (nSPS) is 30.5. The van der Waals surface area contributed by atoms with E-state index in [0.29, 0.717) is 18.4 Å². The van der Waals surface area contributed by atoms with E-state index in [1.165, 1.54) is 0 Å². The molecule has 0 heterocycles. The molecule has 20 heavy (non-hydrogen) atoms. The molecule has 1 amide bonds. The highest BCUT2D eigenvalue weighted by Gasteiger charge is 2.49. The molecule has 1 aromatic carbocycles. The number of hydrogen-bond acceptors (Lipinski definition) is 2. The third-order valence-electron chi connectivity index (χ3n) is 4.62. The van der Waals surface area contributed by atoms with Crippen LogP contribution in [0.4, 0.5) is 5.69 Å². The molecule has 3 atom stereocenters. The highest BCUT2D eigenvalue weighted by atomic mass is 16.5. The number of carbonyl (C=O) groups excluding carboxylic acids is 1. The van der Waals surface area contributed by atoms with Crippen LogP contribution in [-0.4, -0.2) is 12.5 Å². The Labute approximate surface area is 120 Å². The average molecular weight is 271 g/mol. The maximum absolute atomic E-state index is 12.6. The van der Waals surface area contributed by atoms with Crippen molar-refractivity contribution in [3.8, 4) is 5.75 Å². The monoisotopic (exact) mass is 271 g/mol. The minimum absolute atomic E-state index is 0.138. The Balaban J connectivity index is 1.68. The van der Waals surface area contributed by atoms with E-state index in [9.17, 15) is 4.79 Å². The number of ether oxygens (including phenoxy) is 1. The van der Waals surface area contributed by atoms with Crippen LogP contribution in [-0.2, 0) is 4.79 Å². The van der Waals surface area contributed by atoms with E-state index in [2.05, 4.69) is 24.4 Å². The highest BCUT2D eigenvalue weighted by Crippen LogP contribution is 2.52. The van der Waals surface area contributed by atoms with Gasteiger partial charge in [0.1, 0.15) is 5.75 Å². The topological polar surface area (TPSA) is 38.3 Å². The van der Waals surface area contributed by atoms with E-state index >= 15 is 0 Å². The third-order valence-corrected chi connectivity index (χ3v) is 4.62. The van der Waals surface area contributed by atoms with Gasteiger partial charge in [-0.3, -0.25) is 4.79 Å².